The molecule has 1 aromatic carbocycles. The van der Waals surface area contributed by atoms with Crippen molar-refractivity contribution in [3.63, 3.8) is 0 Å². The summed E-state index contributed by atoms with van der Waals surface area (Å²) in [4.78, 5) is 26.6. The Labute approximate surface area is 190 Å². The number of thiophene rings is 1. The van der Waals surface area contributed by atoms with Crippen LogP contribution in [0.5, 0.6) is 0 Å². The van der Waals surface area contributed by atoms with Gasteiger partial charge in [-0.15, -0.1) is 11.3 Å². The molecule has 31 heavy (non-hydrogen) atoms. The molecule has 4 rings (SSSR count). The normalized spacial score (nSPS) is 19.1. The van der Waals surface area contributed by atoms with Gasteiger partial charge in [0.2, 0.25) is 15.9 Å². The molecular weight excluding hydrogens is 460 g/mol. The number of amides is 1. The fraction of sp³-hybridized carbons (Fsp3) is 0.429. The van der Waals surface area contributed by atoms with Crippen LogP contribution < -0.4 is 5.32 Å². The van der Waals surface area contributed by atoms with E-state index >= 15 is 0 Å². The zero-order chi connectivity index (χ0) is 22.2. The lowest BCUT2D eigenvalue weighted by Gasteiger charge is -2.31. The summed E-state index contributed by atoms with van der Waals surface area (Å²) in [5.74, 6) is -1.23. The monoisotopic (exact) mass is 482 g/mol. The molecule has 1 N–H and O–H groups in total. The average Bonchev–Trinajstić information content (AvgIpc) is 3.34. The smallest absolute Gasteiger partial charge is 0.341 e. The van der Waals surface area contributed by atoms with Crippen LogP contribution in [-0.2, 0) is 32.4 Å². The summed E-state index contributed by atoms with van der Waals surface area (Å²) in [5.41, 5.74) is 1.40. The van der Waals surface area contributed by atoms with Crippen molar-refractivity contribution >= 4 is 49.8 Å². The van der Waals surface area contributed by atoms with Crippen molar-refractivity contribution < 1.29 is 22.7 Å². The lowest BCUT2D eigenvalue weighted by molar-refractivity contribution is -0.120. The van der Waals surface area contributed by atoms with Crippen LogP contribution in [0, 0.1) is 5.92 Å². The second-order valence-corrected chi connectivity index (χ2v) is 11.2. The Morgan fingerprint density at radius 3 is 2.65 bits per heavy atom. The number of benzene rings is 1. The maximum Gasteiger partial charge on any atom is 0.341 e. The number of nitrogens with one attached hydrogen (secondary N) is 1. The summed E-state index contributed by atoms with van der Waals surface area (Å²) in [6.07, 6.45) is 3.82. The number of hydrogen-bond acceptors (Lipinski definition) is 6. The van der Waals surface area contributed by atoms with Crippen LogP contribution in [-0.4, -0.2) is 44.8 Å². The van der Waals surface area contributed by atoms with E-state index in [9.17, 15) is 18.0 Å². The molecule has 2 heterocycles. The molecule has 166 valence electrons. The molecule has 0 bridgehead atoms. The minimum Gasteiger partial charge on any atom is -0.465 e. The number of rotatable bonds is 5. The highest BCUT2D eigenvalue weighted by Gasteiger charge is 2.35. The molecule has 1 atom stereocenters. The van der Waals surface area contributed by atoms with Crippen molar-refractivity contribution in [2.24, 2.45) is 5.92 Å². The molecule has 2 aliphatic rings. The van der Waals surface area contributed by atoms with Gasteiger partial charge in [-0.3, -0.25) is 4.79 Å². The number of hydrogen-bond donors (Lipinski definition) is 1. The van der Waals surface area contributed by atoms with Gasteiger partial charge in [-0.05, 0) is 61.9 Å². The van der Waals surface area contributed by atoms with Crippen molar-refractivity contribution in [3.8, 4) is 0 Å². The number of fused-ring (bicyclic) bond motifs is 1. The second kappa shape index (κ2) is 8.90. The molecule has 1 saturated heterocycles. The highest BCUT2D eigenvalue weighted by atomic mass is 35.5. The lowest BCUT2D eigenvalue weighted by atomic mass is 9.99. The minimum atomic E-state index is -3.72. The molecule has 1 aliphatic carbocycles. The Morgan fingerprint density at radius 2 is 1.94 bits per heavy atom. The van der Waals surface area contributed by atoms with E-state index in [0.29, 0.717) is 35.0 Å². The van der Waals surface area contributed by atoms with Crippen LogP contribution >= 0.6 is 22.9 Å². The summed E-state index contributed by atoms with van der Waals surface area (Å²) in [7, 11) is -2.39. The van der Waals surface area contributed by atoms with E-state index in [1.54, 1.807) is 0 Å². The van der Waals surface area contributed by atoms with E-state index in [-0.39, 0.29) is 17.3 Å². The lowest BCUT2D eigenvalue weighted by Crippen LogP contribution is -2.43. The molecule has 2 aromatic rings. The molecule has 0 spiro atoms. The first kappa shape index (κ1) is 22.3. The molecule has 1 amide bonds. The summed E-state index contributed by atoms with van der Waals surface area (Å²) >= 11 is 7.28. The van der Waals surface area contributed by atoms with Gasteiger partial charge in [0, 0.05) is 23.0 Å². The van der Waals surface area contributed by atoms with Gasteiger partial charge in [-0.2, -0.15) is 4.31 Å². The van der Waals surface area contributed by atoms with E-state index in [1.165, 1.54) is 47.0 Å². The number of anilines is 1. The van der Waals surface area contributed by atoms with Gasteiger partial charge in [-0.1, -0.05) is 11.6 Å². The number of sulfonamides is 1. The van der Waals surface area contributed by atoms with Gasteiger partial charge >= 0.3 is 5.97 Å². The Bertz CT molecular complexity index is 1110. The van der Waals surface area contributed by atoms with E-state index < -0.39 is 21.9 Å². The predicted octanol–water partition coefficient (Wildman–Crippen LogP) is 3.72. The predicted molar refractivity (Wildman–Crippen MR) is 119 cm³/mol. The van der Waals surface area contributed by atoms with E-state index in [0.717, 1.165) is 29.7 Å². The number of ether oxygens (including phenoxy) is 1. The van der Waals surface area contributed by atoms with E-state index in [1.807, 2.05) is 0 Å². The van der Waals surface area contributed by atoms with Crippen LogP contribution in [0.1, 0.15) is 40.1 Å². The second-order valence-electron chi connectivity index (χ2n) is 7.70. The van der Waals surface area contributed by atoms with Gasteiger partial charge in [-0.25, -0.2) is 13.2 Å². The standard InChI is InChI=1S/C21H23ClN2O5S2/c1-29-21(26)18-16-5-2-6-17(16)30-20(18)23-19(25)13-4-3-11-24(12-13)31(27,28)15-9-7-14(22)8-10-15/h7-10,13H,2-6,11-12H2,1H3,(H,23,25). The molecule has 0 radical (unpaired) electrons. The van der Waals surface area contributed by atoms with Gasteiger partial charge in [0.25, 0.3) is 0 Å². The first-order valence-corrected chi connectivity index (χ1v) is 12.7. The summed E-state index contributed by atoms with van der Waals surface area (Å²) in [5, 5.41) is 3.84. The van der Waals surface area contributed by atoms with Gasteiger partial charge < -0.3 is 10.1 Å². The number of halogens is 1. The van der Waals surface area contributed by atoms with E-state index in [4.69, 9.17) is 16.3 Å². The van der Waals surface area contributed by atoms with E-state index in [2.05, 4.69) is 5.32 Å². The SMILES string of the molecule is COC(=O)c1c(NC(=O)C2CCCN(S(=O)(=O)c3ccc(Cl)cc3)C2)sc2c1CCC2. The van der Waals surface area contributed by atoms with Crippen LogP contribution in [0.2, 0.25) is 5.02 Å². The van der Waals surface area contributed by atoms with Crippen LogP contribution in [0.25, 0.3) is 0 Å². The van der Waals surface area contributed by atoms with Crippen molar-refractivity contribution in [3.05, 3.63) is 45.3 Å². The third-order valence-electron chi connectivity index (χ3n) is 5.75. The van der Waals surface area contributed by atoms with Crippen molar-refractivity contribution in [1.29, 1.82) is 0 Å². The Kier molecular flexibility index (Phi) is 6.39. The van der Waals surface area contributed by atoms with Crippen LogP contribution in [0.3, 0.4) is 0 Å². The van der Waals surface area contributed by atoms with Crippen molar-refractivity contribution in [1.82, 2.24) is 4.31 Å². The highest BCUT2D eigenvalue weighted by molar-refractivity contribution is 7.89. The van der Waals surface area contributed by atoms with Gasteiger partial charge in [0.05, 0.1) is 23.5 Å². The maximum absolute atomic E-state index is 13.0. The highest BCUT2D eigenvalue weighted by Crippen LogP contribution is 2.40. The molecule has 1 unspecified atom stereocenters. The zero-order valence-corrected chi connectivity index (χ0v) is 19.4. The fourth-order valence-corrected chi connectivity index (χ4v) is 7.08. The topological polar surface area (TPSA) is 92.8 Å². The number of nitrogens with zero attached hydrogens (tertiary/aromatic N) is 1. The Hall–Kier alpha value is -1.94. The number of aryl methyl sites for hydroxylation is 1. The Morgan fingerprint density at radius 1 is 1.19 bits per heavy atom. The maximum atomic E-state index is 13.0. The number of piperidine rings is 1. The fourth-order valence-electron chi connectivity index (χ4n) is 4.15. The molecule has 0 saturated carbocycles. The van der Waals surface area contributed by atoms with Crippen molar-refractivity contribution in [2.45, 2.75) is 37.0 Å². The molecular formula is C21H23ClN2O5S2. The molecule has 1 fully saturated rings. The molecule has 10 heteroatoms. The number of esters is 1. The summed E-state index contributed by atoms with van der Waals surface area (Å²) in [6.45, 7) is 0.449. The third-order valence-corrected chi connectivity index (χ3v) is 9.09. The first-order chi connectivity index (χ1) is 14.8. The minimum absolute atomic E-state index is 0.0927. The Balaban J connectivity index is 1.51. The number of carbonyl (C=O) groups excluding carboxylic acids is 2. The summed E-state index contributed by atoms with van der Waals surface area (Å²) in [6, 6.07) is 6.01. The first-order valence-electron chi connectivity index (χ1n) is 10.1. The molecule has 1 aliphatic heterocycles. The van der Waals surface area contributed by atoms with Crippen LogP contribution in [0.4, 0.5) is 5.00 Å². The largest absolute Gasteiger partial charge is 0.465 e. The van der Waals surface area contributed by atoms with Gasteiger partial charge in [0.15, 0.2) is 0 Å². The zero-order valence-electron chi connectivity index (χ0n) is 17.0. The third kappa shape index (κ3) is 4.37. The molecule has 7 nitrogen and oxygen atoms in total. The van der Waals surface area contributed by atoms with Crippen molar-refractivity contribution in [2.75, 3.05) is 25.5 Å². The van der Waals surface area contributed by atoms with Gasteiger partial charge in [0.1, 0.15) is 5.00 Å². The van der Waals surface area contributed by atoms with Crippen LogP contribution in [0.15, 0.2) is 29.2 Å². The number of methoxy groups -OCH3 is 1. The average molecular weight is 483 g/mol. The number of carbonyl (C=O) groups is 2. The quantitative estimate of drug-likeness (QED) is 0.655. The summed E-state index contributed by atoms with van der Waals surface area (Å²) < 4.78 is 32.3. The molecule has 1 aromatic heterocycles.